The average molecular weight is 394 g/mol. The van der Waals surface area contributed by atoms with Gasteiger partial charge in [-0.15, -0.1) is 11.3 Å². The van der Waals surface area contributed by atoms with Crippen molar-refractivity contribution in [1.29, 1.82) is 0 Å². The summed E-state index contributed by atoms with van der Waals surface area (Å²) in [6.45, 7) is 1.32. The van der Waals surface area contributed by atoms with Crippen LogP contribution in [0.5, 0.6) is 5.75 Å². The summed E-state index contributed by atoms with van der Waals surface area (Å²) in [6.07, 6.45) is 0. The molecule has 0 unspecified atom stereocenters. The summed E-state index contributed by atoms with van der Waals surface area (Å²) in [5.74, 6) is 2.11. The Morgan fingerprint density at radius 2 is 2.13 bits per heavy atom. The number of aromatic nitrogens is 2. The van der Waals surface area contributed by atoms with Crippen LogP contribution in [0.4, 0.5) is 0 Å². The highest BCUT2D eigenvalue weighted by atomic mass is 79.9. The molecule has 5 nitrogen and oxygen atoms in total. The lowest BCUT2D eigenvalue weighted by Crippen LogP contribution is -2.17. The van der Waals surface area contributed by atoms with Crippen molar-refractivity contribution in [3.63, 3.8) is 0 Å². The quantitative estimate of drug-likeness (QED) is 0.627. The van der Waals surface area contributed by atoms with E-state index in [0.29, 0.717) is 18.3 Å². The van der Waals surface area contributed by atoms with Crippen LogP contribution in [0, 0.1) is 0 Å². The Bertz CT molecular complexity index is 787. The number of methoxy groups -OCH3 is 1. The molecule has 0 fully saturated rings. The molecule has 0 bridgehead atoms. The maximum atomic E-state index is 5.38. The van der Waals surface area contributed by atoms with E-state index in [2.05, 4.69) is 37.0 Å². The van der Waals surface area contributed by atoms with Gasteiger partial charge in [0.05, 0.1) is 18.5 Å². The molecule has 0 aliphatic carbocycles. The first-order chi connectivity index (χ1) is 11.2. The van der Waals surface area contributed by atoms with Crippen molar-refractivity contribution in [3.05, 3.63) is 51.6 Å². The molecule has 2 aromatic heterocycles. The van der Waals surface area contributed by atoms with E-state index in [9.17, 15) is 0 Å². The lowest BCUT2D eigenvalue weighted by atomic mass is 10.2. The summed E-state index contributed by atoms with van der Waals surface area (Å²) in [7, 11) is 3.69. The molecule has 2 heterocycles. The third-order valence-electron chi connectivity index (χ3n) is 3.29. The van der Waals surface area contributed by atoms with E-state index < -0.39 is 0 Å². The molecule has 0 radical (unpaired) electrons. The summed E-state index contributed by atoms with van der Waals surface area (Å²) < 4.78 is 11.8. The minimum atomic E-state index is 0.581. The molecule has 3 aromatic rings. The van der Waals surface area contributed by atoms with Gasteiger partial charge >= 0.3 is 0 Å². The predicted octanol–water partition coefficient (Wildman–Crippen LogP) is 4.20. The summed E-state index contributed by atoms with van der Waals surface area (Å²) in [5, 5.41) is 6.04. The molecule has 0 amide bonds. The second-order valence-corrected chi connectivity index (χ2v) is 6.95. The zero-order valence-electron chi connectivity index (χ0n) is 12.8. The number of nitrogens with zero attached hydrogens (tertiary/aromatic N) is 3. The Labute approximate surface area is 147 Å². The molecule has 0 saturated heterocycles. The topological polar surface area (TPSA) is 51.4 Å². The molecule has 0 aliphatic rings. The molecule has 0 spiro atoms. The monoisotopic (exact) mass is 393 g/mol. The third-order valence-corrected chi connectivity index (χ3v) is 4.98. The molecular weight excluding hydrogens is 378 g/mol. The van der Waals surface area contributed by atoms with Gasteiger partial charge in [0.1, 0.15) is 5.75 Å². The summed E-state index contributed by atoms with van der Waals surface area (Å²) >= 11 is 5.01. The van der Waals surface area contributed by atoms with Gasteiger partial charge in [-0.2, -0.15) is 4.98 Å². The van der Waals surface area contributed by atoms with Crippen LogP contribution in [0.3, 0.4) is 0 Å². The molecular formula is C16H16BrN3O2S. The van der Waals surface area contributed by atoms with E-state index in [1.165, 1.54) is 0 Å². The van der Waals surface area contributed by atoms with Gasteiger partial charge in [0.2, 0.25) is 11.7 Å². The smallest absolute Gasteiger partial charge is 0.241 e. The lowest BCUT2D eigenvalue weighted by Gasteiger charge is -2.16. The highest BCUT2D eigenvalue weighted by Crippen LogP contribution is 2.28. The second-order valence-electron chi connectivity index (χ2n) is 5.13. The number of para-hydroxylation sites is 1. The Hall–Kier alpha value is -1.70. The van der Waals surface area contributed by atoms with Crippen molar-refractivity contribution in [1.82, 2.24) is 15.0 Å². The first kappa shape index (κ1) is 16.2. The minimum Gasteiger partial charge on any atom is -0.496 e. The van der Waals surface area contributed by atoms with E-state index in [4.69, 9.17) is 9.26 Å². The zero-order valence-corrected chi connectivity index (χ0v) is 15.2. The van der Waals surface area contributed by atoms with Crippen molar-refractivity contribution in [2.45, 2.75) is 13.1 Å². The molecule has 0 atom stereocenters. The van der Waals surface area contributed by atoms with Crippen molar-refractivity contribution in [2.75, 3.05) is 14.2 Å². The number of hydrogen-bond acceptors (Lipinski definition) is 6. The Morgan fingerprint density at radius 1 is 1.30 bits per heavy atom. The third kappa shape index (κ3) is 3.99. The number of rotatable bonds is 6. The van der Waals surface area contributed by atoms with Gasteiger partial charge in [-0.1, -0.05) is 23.4 Å². The number of thiophene rings is 1. The van der Waals surface area contributed by atoms with Crippen LogP contribution >= 0.6 is 27.3 Å². The van der Waals surface area contributed by atoms with Gasteiger partial charge in [0.25, 0.3) is 0 Å². The molecule has 23 heavy (non-hydrogen) atoms. The fourth-order valence-corrected chi connectivity index (χ4v) is 3.61. The molecule has 0 saturated carbocycles. The molecule has 120 valence electrons. The van der Waals surface area contributed by atoms with Gasteiger partial charge in [-0.25, -0.2) is 0 Å². The van der Waals surface area contributed by atoms with Crippen LogP contribution in [-0.2, 0) is 13.1 Å². The molecule has 1 aromatic carbocycles. The number of halogens is 1. The van der Waals surface area contributed by atoms with Gasteiger partial charge in [-0.05, 0) is 35.1 Å². The predicted molar refractivity (Wildman–Crippen MR) is 93.5 cm³/mol. The minimum absolute atomic E-state index is 0.581. The van der Waals surface area contributed by atoms with Crippen LogP contribution in [-0.4, -0.2) is 29.2 Å². The van der Waals surface area contributed by atoms with Crippen molar-refractivity contribution in [2.24, 2.45) is 0 Å². The normalized spacial score (nSPS) is 11.1. The fraction of sp³-hybridized carbons (Fsp3) is 0.250. The number of hydrogen-bond donors (Lipinski definition) is 0. The van der Waals surface area contributed by atoms with Gasteiger partial charge in [0, 0.05) is 22.0 Å². The summed E-state index contributed by atoms with van der Waals surface area (Å²) in [4.78, 5) is 7.55. The summed E-state index contributed by atoms with van der Waals surface area (Å²) in [6, 6.07) is 9.97. The highest BCUT2D eigenvalue weighted by molar-refractivity contribution is 9.10. The largest absolute Gasteiger partial charge is 0.496 e. The molecule has 0 N–H and O–H groups in total. The average Bonchev–Trinajstić information content (AvgIpc) is 3.16. The van der Waals surface area contributed by atoms with Crippen molar-refractivity contribution in [3.8, 4) is 16.5 Å². The van der Waals surface area contributed by atoms with Crippen LogP contribution in [0.15, 0.2) is 44.7 Å². The van der Waals surface area contributed by atoms with Crippen molar-refractivity contribution < 1.29 is 9.26 Å². The molecule has 7 heteroatoms. The van der Waals surface area contributed by atoms with Crippen LogP contribution in [0.25, 0.3) is 10.7 Å². The molecule has 3 rings (SSSR count). The maximum absolute atomic E-state index is 5.38. The van der Waals surface area contributed by atoms with Crippen LogP contribution < -0.4 is 4.74 Å². The lowest BCUT2D eigenvalue weighted by molar-refractivity contribution is 0.257. The van der Waals surface area contributed by atoms with Gasteiger partial charge in [-0.3, -0.25) is 4.90 Å². The van der Waals surface area contributed by atoms with Gasteiger partial charge in [0.15, 0.2) is 0 Å². The van der Waals surface area contributed by atoms with Crippen LogP contribution in [0.1, 0.15) is 11.5 Å². The summed E-state index contributed by atoms with van der Waals surface area (Å²) in [5.41, 5.74) is 1.12. The number of ether oxygens (including phenoxy) is 1. The molecule has 0 aliphatic heterocycles. The van der Waals surface area contributed by atoms with E-state index in [0.717, 1.165) is 27.2 Å². The SMILES string of the molecule is COc1ccccc1CN(C)Cc1nc(-c2cc(Br)cs2)no1. The first-order valence-electron chi connectivity index (χ1n) is 7.03. The maximum Gasteiger partial charge on any atom is 0.241 e. The Morgan fingerprint density at radius 3 is 2.87 bits per heavy atom. The zero-order chi connectivity index (χ0) is 16.2. The van der Waals surface area contributed by atoms with Crippen molar-refractivity contribution >= 4 is 27.3 Å². The van der Waals surface area contributed by atoms with E-state index in [1.807, 2.05) is 36.7 Å². The highest BCUT2D eigenvalue weighted by Gasteiger charge is 2.13. The van der Waals surface area contributed by atoms with Gasteiger partial charge < -0.3 is 9.26 Å². The number of benzene rings is 1. The van der Waals surface area contributed by atoms with E-state index >= 15 is 0 Å². The van der Waals surface area contributed by atoms with E-state index in [1.54, 1.807) is 18.4 Å². The standard InChI is InChI=1S/C16H16BrN3O2S/c1-20(8-11-5-3-4-6-13(11)21-2)9-15-18-16(19-22-15)14-7-12(17)10-23-14/h3-7,10H,8-9H2,1-2H3. The second kappa shape index (κ2) is 7.25. The van der Waals surface area contributed by atoms with Crippen LogP contribution in [0.2, 0.25) is 0 Å². The Balaban J connectivity index is 1.66. The van der Waals surface area contributed by atoms with E-state index in [-0.39, 0.29) is 0 Å². The Kier molecular flexibility index (Phi) is 5.09. The fourth-order valence-electron chi connectivity index (χ4n) is 2.26. The first-order valence-corrected chi connectivity index (χ1v) is 8.70.